The second-order valence-corrected chi connectivity index (χ2v) is 5.22. The average molecular weight is 251 g/mol. The number of amides is 1. The summed E-state index contributed by atoms with van der Waals surface area (Å²) in [6.45, 7) is 0. The molecule has 1 fully saturated rings. The molecule has 1 heterocycles. The highest BCUT2D eigenvalue weighted by Crippen LogP contribution is 2.42. The number of benzene rings is 1. The molecular formula is C12H13NO3S. The summed E-state index contributed by atoms with van der Waals surface area (Å²) in [4.78, 5) is 24.2. The van der Waals surface area contributed by atoms with E-state index >= 15 is 0 Å². The summed E-state index contributed by atoms with van der Waals surface area (Å²) in [7, 11) is 1.72. The monoisotopic (exact) mass is 251 g/mol. The highest BCUT2D eigenvalue weighted by molar-refractivity contribution is 8.01. The van der Waals surface area contributed by atoms with E-state index in [0.29, 0.717) is 0 Å². The molecule has 4 nitrogen and oxygen atoms in total. The SMILES string of the molecule is CN1C(=O)C(CC(=O)O)SC1c1ccccc1. The van der Waals surface area contributed by atoms with Crippen molar-refractivity contribution in [3.8, 4) is 0 Å². The van der Waals surface area contributed by atoms with Crippen molar-refractivity contribution in [2.45, 2.75) is 17.0 Å². The van der Waals surface area contributed by atoms with Crippen molar-refractivity contribution in [3.05, 3.63) is 35.9 Å². The Kier molecular flexibility index (Phi) is 3.38. The molecule has 0 spiro atoms. The average Bonchev–Trinajstić information content (AvgIpc) is 2.58. The largest absolute Gasteiger partial charge is 0.481 e. The Hall–Kier alpha value is -1.49. The van der Waals surface area contributed by atoms with E-state index in [1.165, 1.54) is 11.8 Å². The first-order valence-corrected chi connectivity index (χ1v) is 6.22. The van der Waals surface area contributed by atoms with Crippen molar-refractivity contribution < 1.29 is 14.7 Å². The smallest absolute Gasteiger partial charge is 0.305 e. The van der Waals surface area contributed by atoms with Crippen LogP contribution in [-0.4, -0.2) is 34.2 Å². The quantitative estimate of drug-likeness (QED) is 0.889. The van der Waals surface area contributed by atoms with E-state index in [-0.39, 0.29) is 17.7 Å². The molecule has 2 rings (SSSR count). The number of carbonyl (C=O) groups excluding carboxylic acids is 1. The second kappa shape index (κ2) is 4.79. The van der Waals surface area contributed by atoms with Crippen molar-refractivity contribution >= 4 is 23.6 Å². The van der Waals surface area contributed by atoms with Gasteiger partial charge in [-0.1, -0.05) is 30.3 Å². The van der Waals surface area contributed by atoms with Gasteiger partial charge in [0.25, 0.3) is 0 Å². The topological polar surface area (TPSA) is 57.6 Å². The molecule has 1 aromatic carbocycles. The van der Waals surface area contributed by atoms with E-state index in [1.54, 1.807) is 11.9 Å². The van der Waals surface area contributed by atoms with E-state index < -0.39 is 11.2 Å². The van der Waals surface area contributed by atoms with Gasteiger partial charge in [0, 0.05) is 7.05 Å². The molecule has 1 aliphatic rings. The predicted molar refractivity (Wildman–Crippen MR) is 65.6 cm³/mol. The number of hydrogen-bond donors (Lipinski definition) is 1. The van der Waals surface area contributed by atoms with Crippen LogP contribution in [0, 0.1) is 0 Å². The maximum absolute atomic E-state index is 11.9. The van der Waals surface area contributed by atoms with Gasteiger partial charge < -0.3 is 10.0 Å². The zero-order valence-electron chi connectivity index (χ0n) is 9.37. The molecule has 90 valence electrons. The fourth-order valence-corrected chi connectivity index (χ4v) is 3.30. The van der Waals surface area contributed by atoms with E-state index in [0.717, 1.165) is 5.56 Å². The van der Waals surface area contributed by atoms with Gasteiger partial charge in [0.15, 0.2) is 0 Å². The lowest BCUT2D eigenvalue weighted by Gasteiger charge is -2.18. The number of carboxylic acids is 1. The third-order valence-electron chi connectivity index (χ3n) is 2.71. The van der Waals surface area contributed by atoms with Gasteiger partial charge in [-0.3, -0.25) is 9.59 Å². The van der Waals surface area contributed by atoms with Gasteiger partial charge in [0.1, 0.15) is 5.37 Å². The summed E-state index contributed by atoms with van der Waals surface area (Å²) in [5.74, 6) is -1.04. The summed E-state index contributed by atoms with van der Waals surface area (Å²) >= 11 is 1.40. The lowest BCUT2D eigenvalue weighted by Crippen LogP contribution is -2.28. The highest BCUT2D eigenvalue weighted by atomic mass is 32.2. The molecule has 1 aromatic rings. The maximum atomic E-state index is 11.9. The molecule has 0 aliphatic carbocycles. The normalized spacial score (nSPS) is 24.1. The Morgan fingerprint density at radius 3 is 2.65 bits per heavy atom. The molecule has 0 bridgehead atoms. The van der Waals surface area contributed by atoms with Crippen LogP contribution in [0.15, 0.2) is 30.3 Å². The third-order valence-corrected chi connectivity index (χ3v) is 4.26. The number of carbonyl (C=O) groups is 2. The van der Waals surface area contributed by atoms with Gasteiger partial charge in [0.05, 0.1) is 11.7 Å². The molecule has 0 saturated carbocycles. The minimum atomic E-state index is -0.932. The minimum absolute atomic E-state index is 0.0759. The molecule has 1 amide bonds. The Bertz CT molecular complexity index is 435. The predicted octanol–water partition coefficient (Wildman–Crippen LogP) is 1.73. The Morgan fingerprint density at radius 2 is 2.06 bits per heavy atom. The summed E-state index contributed by atoms with van der Waals surface area (Å²) in [5.41, 5.74) is 1.03. The summed E-state index contributed by atoms with van der Waals surface area (Å²) in [6.07, 6.45) is -0.114. The first kappa shape index (κ1) is 12.0. The third kappa shape index (κ3) is 2.44. The zero-order valence-corrected chi connectivity index (χ0v) is 10.2. The zero-order chi connectivity index (χ0) is 12.4. The molecule has 1 aliphatic heterocycles. The van der Waals surface area contributed by atoms with Crippen LogP contribution < -0.4 is 0 Å². The molecule has 1 N–H and O–H groups in total. The highest BCUT2D eigenvalue weighted by Gasteiger charge is 2.39. The number of carboxylic acid groups (broad SMARTS) is 1. The van der Waals surface area contributed by atoms with Crippen LogP contribution in [0.2, 0.25) is 0 Å². The van der Waals surface area contributed by atoms with Gasteiger partial charge in [-0.2, -0.15) is 0 Å². The van der Waals surface area contributed by atoms with Crippen LogP contribution in [0.5, 0.6) is 0 Å². The van der Waals surface area contributed by atoms with Crippen LogP contribution in [0.1, 0.15) is 17.4 Å². The number of nitrogens with zero attached hydrogens (tertiary/aromatic N) is 1. The van der Waals surface area contributed by atoms with Crippen LogP contribution in [-0.2, 0) is 9.59 Å². The van der Waals surface area contributed by atoms with E-state index in [2.05, 4.69) is 0 Å². The summed E-state index contributed by atoms with van der Waals surface area (Å²) < 4.78 is 0. The van der Waals surface area contributed by atoms with E-state index in [4.69, 9.17) is 5.11 Å². The summed E-state index contributed by atoms with van der Waals surface area (Å²) in [5, 5.41) is 8.21. The van der Waals surface area contributed by atoms with Crippen molar-refractivity contribution in [2.75, 3.05) is 7.05 Å². The van der Waals surface area contributed by atoms with E-state index in [9.17, 15) is 9.59 Å². The van der Waals surface area contributed by atoms with Crippen molar-refractivity contribution in [2.24, 2.45) is 0 Å². The Morgan fingerprint density at radius 1 is 1.41 bits per heavy atom. The second-order valence-electron chi connectivity index (χ2n) is 3.93. The molecule has 0 aromatic heterocycles. The number of rotatable bonds is 3. The number of aliphatic carboxylic acids is 1. The van der Waals surface area contributed by atoms with Gasteiger partial charge in [-0.15, -0.1) is 11.8 Å². The van der Waals surface area contributed by atoms with Crippen LogP contribution in [0.4, 0.5) is 0 Å². The molecular weight excluding hydrogens is 238 g/mol. The molecule has 2 unspecified atom stereocenters. The Labute approximate surface area is 104 Å². The molecule has 1 saturated heterocycles. The van der Waals surface area contributed by atoms with Crippen molar-refractivity contribution in [1.82, 2.24) is 4.90 Å². The van der Waals surface area contributed by atoms with Crippen LogP contribution in [0.3, 0.4) is 0 Å². The lowest BCUT2D eigenvalue weighted by atomic mass is 10.2. The number of thioether (sulfide) groups is 1. The standard InChI is InChI=1S/C12H13NO3S/c1-13-11(16)9(7-10(14)15)17-12(13)8-5-3-2-4-6-8/h2-6,9,12H,7H2,1H3,(H,14,15). The molecule has 2 atom stereocenters. The first-order chi connectivity index (χ1) is 8.09. The summed E-state index contributed by atoms with van der Waals surface area (Å²) in [6, 6.07) is 9.65. The molecule has 5 heteroatoms. The molecule has 17 heavy (non-hydrogen) atoms. The first-order valence-electron chi connectivity index (χ1n) is 5.28. The Balaban J connectivity index is 2.17. The van der Waals surface area contributed by atoms with Gasteiger partial charge >= 0.3 is 5.97 Å². The lowest BCUT2D eigenvalue weighted by molar-refractivity contribution is -0.139. The van der Waals surface area contributed by atoms with Crippen LogP contribution in [0.25, 0.3) is 0 Å². The van der Waals surface area contributed by atoms with Crippen molar-refractivity contribution in [1.29, 1.82) is 0 Å². The number of hydrogen-bond acceptors (Lipinski definition) is 3. The maximum Gasteiger partial charge on any atom is 0.305 e. The van der Waals surface area contributed by atoms with Gasteiger partial charge in [0.2, 0.25) is 5.91 Å². The minimum Gasteiger partial charge on any atom is -0.481 e. The van der Waals surface area contributed by atoms with Crippen LogP contribution >= 0.6 is 11.8 Å². The fraction of sp³-hybridized carbons (Fsp3) is 0.333. The van der Waals surface area contributed by atoms with Gasteiger partial charge in [-0.05, 0) is 5.56 Å². The van der Waals surface area contributed by atoms with Gasteiger partial charge in [-0.25, -0.2) is 0 Å². The fourth-order valence-electron chi connectivity index (χ4n) is 1.86. The van der Waals surface area contributed by atoms with E-state index in [1.807, 2.05) is 30.3 Å². The molecule has 0 radical (unpaired) electrons. The van der Waals surface area contributed by atoms with Crippen molar-refractivity contribution in [3.63, 3.8) is 0 Å².